The molecule has 0 bridgehead atoms. The molecule has 3 rings (SSSR count). The number of benzene rings is 1. The van der Waals surface area contributed by atoms with Gasteiger partial charge in [-0.3, -0.25) is 4.79 Å². The van der Waals surface area contributed by atoms with E-state index in [1.807, 2.05) is 4.90 Å². The number of rotatable bonds is 3. The Balaban J connectivity index is 1.66. The van der Waals surface area contributed by atoms with Crippen LogP contribution in [0.4, 0.5) is 0 Å². The van der Waals surface area contributed by atoms with Gasteiger partial charge in [-0.05, 0) is 42.4 Å². The van der Waals surface area contributed by atoms with Crippen LogP contribution in [-0.4, -0.2) is 38.6 Å². The van der Waals surface area contributed by atoms with Gasteiger partial charge in [-0.15, -0.1) is 0 Å². The second kappa shape index (κ2) is 6.63. The monoisotopic (exact) mass is 335 g/mol. The van der Waals surface area contributed by atoms with Crippen LogP contribution in [0.3, 0.4) is 0 Å². The number of carbonyl (C=O) groups excluding carboxylic acids is 1. The molecule has 0 radical (unpaired) electrons. The van der Waals surface area contributed by atoms with E-state index in [1.165, 1.54) is 31.9 Å². The summed E-state index contributed by atoms with van der Waals surface area (Å²) in [5, 5.41) is 0. The van der Waals surface area contributed by atoms with Crippen molar-refractivity contribution in [3.05, 3.63) is 35.4 Å². The molecule has 1 aliphatic carbocycles. The van der Waals surface area contributed by atoms with Crippen LogP contribution in [0.15, 0.2) is 24.3 Å². The predicted molar refractivity (Wildman–Crippen MR) is 91.0 cm³/mol. The summed E-state index contributed by atoms with van der Waals surface area (Å²) in [6.45, 7) is 1.74. The molecule has 2 aliphatic rings. The number of hydrogen-bond donors (Lipinski definition) is 0. The van der Waals surface area contributed by atoms with Crippen LogP contribution in [0.1, 0.15) is 48.0 Å². The van der Waals surface area contributed by atoms with Crippen LogP contribution in [0, 0.1) is 11.8 Å². The topological polar surface area (TPSA) is 54.5 Å². The highest BCUT2D eigenvalue weighted by Crippen LogP contribution is 2.36. The number of likely N-dealkylation sites (tertiary alicyclic amines) is 1. The first-order chi connectivity index (χ1) is 10.9. The first-order valence-electron chi connectivity index (χ1n) is 8.48. The number of nitrogens with zero attached hydrogens (tertiary/aromatic N) is 1. The smallest absolute Gasteiger partial charge is 0.253 e. The van der Waals surface area contributed by atoms with Crippen molar-refractivity contribution in [2.75, 3.05) is 19.3 Å². The van der Waals surface area contributed by atoms with Crippen LogP contribution in [0.5, 0.6) is 0 Å². The molecule has 1 saturated heterocycles. The van der Waals surface area contributed by atoms with Gasteiger partial charge in [0.2, 0.25) is 0 Å². The third-order valence-electron chi connectivity index (χ3n) is 5.21. The summed E-state index contributed by atoms with van der Waals surface area (Å²) in [7, 11) is -3.04. The molecule has 1 amide bonds. The Morgan fingerprint density at radius 2 is 1.74 bits per heavy atom. The second-order valence-corrected chi connectivity index (χ2v) is 9.25. The summed E-state index contributed by atoms with van der Waals surface area (Å²) >= 11 is 0. The molecule has 0 spiro atoms. The number of piperidine rings is 1. The molecule has 126 valence electrons. The highest BCUT2D eigenvalue weighted by molar-refractivity contribution is 7.89. The first kappa shape index (κ1) is 16.5. The van der Waals surface area contributed by atoms with Gasteiger partial charge in [0.05, 0.1) is 5.75 Å². The Kier molecular flexibility index (Phi) is 4.76. The van der Waals surface area contributed by atoms with Crippen molar-refractivity contribution in [1.82, 2.24) is 4.90 Å². The maximum atomic E-state index is 12.7. The van der Waals surface area contributed by atoms with Crippen molar-refractivity contribution in [3.8, 4) is 0 Å². The minimum Gasteiger partial charge on any atom is -0.338 e. The number of fused-ring (bicyclic) bond motifs is 1. The number of hydrogen-bond acceptors (Lipinski definition) is 3. The Morgan fingerprint density at radius 3 is 2.39 bits per heavy atom. The molecule has 2 atom stereocenters. The van der Waals surface area contributed by atoms with Gasteiger partial charge in [-0.2, -0.15) is 0 Å². The summed E-state index contributed by atoms with van der Waals surface area (Å²) in [4.78, 5) is 14.7. The fraction of sp³-hybridized carbons (Fsp3) is 0.611. The fourth-order valence-electron chi connectivity index (χ4n) is 4.01. The summed E-state index contributed by atoms with van der Waals surface area (Å²) in [6, 6.07) is 7.02. The van der Waals surface area contributed by atoms with E-state index in [2.05, 4.69) is 0 Å². The van der Waals surface area contributed by atoms with Gasteiger partial charge in [0.15, 0.2) is 9.84 Å². The third-order valence-corrected chi connectivity index (χ3v) is 6.07. The second-order valence-electron chi connectivity index (χ2n) is 7.11. The summed E-state index contributed by atoms with van der Waals surface area (Å²) in [5.74, 6) is 1.59. The van der Waals surface area contributed by atoms with Crippen molar-refractivity contribution >= 4 is 15.7 Å². The molecule has 2 fully saturated rings. The lowest BCUT2D eigenvalue weighted by Gasteiger charge is -2.41. The third kappa shape index (κ3) is 4.14. The van der Waals surface area contributed by atoms with E-state index in [4.69, 9.17) is 0 Å². The standard InChI is InChI=1S/C18H25NO3S/c1-23(21,22)13-14-6-8-16(9-7-14)18(20)19-11-10-15-4-2-3-5-17(15)12-19/h6-9,15,17H,2-5,10-13H2,1H3/t15-,17-/m0/s1. The van der Waals surface area contributed by atoms with Crippen molar-refractivity contribution in [2.24, 2.45) is 11.8 Å². The largest absolute Gasteiger partial charge is 0.338 e. The maximum Gasteiger partial charge on any atom is 0.253 e. The number of amides is 1. The minimum atomic E-state index is -3.04. The molecule has 0 unspecified atom stereocenters. The zero-order chi connectivity index (χ0) is 16.4. The minimum absolute atomic E-state index is 0.0228. The van der Waals surface area contributed by atoms with Gasteiger partial charge in [0, 0.05) is 24.9 Å². The highest BCUT2D eigenvalue weighted by atomic mass is 32.2. The molecule has 0 aromatic heterocycles. The van der Waals surface area contributed by atoms with E-state index >= 15 is 0 Å². The SMILES string of the molecule is CS(=O)(=O)Cc1ccc(C(=O)N2CC[C@@H]3CCCC[C@H]3C2)cc1. The Labute approximate surface area is 138 Å². The van der Waals surface area contributed by atoms with Crippen molar-refractivity contribution < 1.29 is 13.2 Å². The van der Waals surface area contributed by atoms with E-state index in [0.29, 0.717) is 11.5 Å². The van der Waals surface area contributed by atoms with Gasteiger partial charge in [0.25, 0.3) is 5.91 Å². The summed E-state index contributed by atoms with van der Waals surface area (Å²) in [6.07, 6.45) is 7.57. The number of carbonyl (C=O) groups is 1. The van der Waals surface area contributed by atoms with Crippen LogP contribution in [-0.2, 0) is 15.6 Å². The molecular formula is C18H25NO3S. The Bertz CT molecular complexity index is 666. The average Bonchev–Trinajstić information content (AvgIpc) is 2.53. The van der Waals surface area contributed by atoms with Crippen molar-refractivity contribution in [1.29, 1.82) is 0 Å². The fourth-order valence-corrected chi connectivity index (χ4v) is 4.81. The molecule has 1 saturated carbocycles. The molecule has 1 aliphatic heterocycles. The van der Waals surface area contributed by atoms with Gasteiger partial charge in [0.1, 0.15) is 0 Å². The van der Waals surface area contributed by atoms with Gasteiger partial charge < -0.3 is 4.90 Å². The van der Waals surface area contributed by atoms with E-state index in [1.54, 1.807) is 24.3 Å². The van der Waals surface area contributed by atoms with Crippen LogP contribution in [0.25, 0.3) is 0 Å². The first-order valence-corrected chi connectivity index (χ1v) is 10.5. The molecule has 1 aromatic carbocycles. The Morgan fingerprint density at radius 1 is 1.09 bits per heavy atom. The molecule has 5 heteroatoms. The lowest BCUT2D eigenvalue weighted by Crippen LogP contribution is -2.44. The van der Waals surface area contributed by atoms with Gasteiger partial charge in [-0.1, -0.05) is 31.4 Å². The van der Waals surface area contributed by atoms with E-state index in [0.717, 1.165) is 31.0 Å². The molecule has 23 heavy (non-hydrogen) atoms. The average molecular weight is 335 g/mol. The predicted octanol–water partition coefficient (Wildman–Crippen LogP) is 2.88. The zero-order valence-corrected chi connectivity index (χ0v) is 14.5. The normalized spacial score (nSPS) is 25.0. The lowest BCUT2D eigenvalue weighted by atomic mass is 9.75. The van der Waals surface area contributed by atoms with Crippen molar-refractivity contribution in [2.45, 2.75) is 37.9 Å². The quantitative estimate of drug-likeness (QED) is 0.853. The maximum absolute atomic E-state index is 12.7. The van der Waals surface area contributed by atoms with Crippen LogP contribution in [0.2, 0.25) is 0 Å². The number of sulfone groups is 1. The lowest BCUT2D eigenvalue weighted by molar-refractivity contribution is 0.0521. The van der Waals surface area contributed by atoms with Gasteiger partial charge >= 0.3 is 0 Å². The van der Waals surface area contributed by atoms with E-state index < -0.39 is 9.84 Å². The van der Waals surface area contributed by atoms with Gasteiger partial charge in [-0.25, -0.2) is 8.42 Å². The van der Waals surface area contributed by atoms with Crippen molar-refractivity contribution in [3.63, 3.8) is 0 Å². The van der Waals surface area contributed by atoms with E-state index in [9.17, 15) is 13.2 Å². The summed E-state index contributed by atoms with van der Waals surface area (Å²) < 4.78 is 22.7. The molecule has 4 nitrogen and oxygen atoms in total. The Hall–Kier alpha value is -1.36. The zero-order valence-electron chi connectivity index (χ0n) is 13.7. The van der Waals surface area contributed by atoms with Crippen LogP contribution < -0.4 is 0 Å². The molecular weight excluding hydrogens is 310 g/mol. The van der Waals surface area contributed by atoms with E-state index in [-0.39, 0.29) is 11.7 Å². The molecule has 1 heterocycles. The molecule has 0 N–H and O–H groups in total. The highest BCUT2D eigenvalue weighted by Gasteiger charge is 2.33. The molecule has 1 aromatic rings. The summed E-state index contributed by atoms with van der Waals surface area (Å²) in [5.41, 5.74) is 1.39. The van der Waals surface area contributed by atoms with Crippen LogP contribution >= 0.6 is 0 Å².